The fraction of sp³-hybridized carbons (Fsp3) is 0.440. The van der Waals surface area contributed by atoms with E-state index in [0.717, 1.165) is 44.1 Å². The van der Waals surface area contributed by atoms with Crippen LogP contribution in [0.3, 0.4) is 0 Å². The summed E-state index contributed by atoms with van der Waals surface area (Å²) in [6, 6.07) is 14.0. The lowest BCUT2D eigenvalue weighted by atomic mass is 10.1. The Bertz CT molecular complexity index is 1090. The van der Waals surface area contributed by atoms with Gasteiger partial charge in [0.05, 0.1) is 16.1 Å². The minimum Gasteiger partial charge on any atom is -0.349 e. The van der Waals surface area contributed by atoms with Crippen molar-refractivity contribution >= 4 is 27.5 Å². The third-order valence-electron chi connectivity index (χ3n) is 6.40. The third-order valence-corrected chi connectivity index (χ3v) is 8.32. The molecule has 2 fully saturated rings. The molecule has 0 spiro atoms. The van der Waals surface area contributed by atoms with Crippen LogP contribution in [0.1, 0.15) is 60.9 Å². The first kappa shape index (κ1) is 23.4. The number of para-hydroxylation sites is 1. The van der Waals surface area contributed by atoms with Gasteiger partial charge in [-0.1, -0.05) is 37.1 Å². The van der Waals surface area contributed by atoms with E-state index in [1.807, 2.05) is 0 Å². The predicted octanol–water partition coefficient (Wildman–Crippen LogP) is 3.71. The molecule has 0 atom stereocenters. The van der Waals surface area contributed by atoms with E-state index in [2.05, 4.69) is 10.6 Å². The number of amides is 2. The Morgan fingerprint density at radius 3 is 2.27 bits per heavy atom. The normalized spacial score (nSPS) is 17.2. The van der Waals surface area contributed by atoms with Gasteiger partial charge in [-0.15, -0.1) is 0 Å². The molecule has 2 amide bonds. The SMILES string of the molecule is O=C(CCc1ccc(S(=O)(=O)N2CCCC2)cc1)Nc1ccccc1C(=O)NC1CCCC1. The monoisotopic (exact) mass is 469 g/mol. The summed E-state index contributed by atoms with van der Waals surface area (Å²) in [4.78, 5) is 25.5. The number of benzene rings is 2. The summed E-state index contributed by atoms with van der Waals surface area (Å²) in [7, 11) is -3.43. The van der Waals surface area contributed by atoms with Gasteiger partial charge in [0, 0.05) is 25.6 Å². The molecule has 176 valence electrons. The van der Waals surface area contributed by atoms with Crippen LogP contribution in [0.4, 0.5) is 5.69 Å². The van der Waals surface area contributed by atoms with E-state index in [9.17, 15) is 18.0 Å². The van der Waals surface area contributed by atoms with Gasteiger partial charge >= 0.3 is 0 Å². The molecule has 1 saturated carbocycles. The van der Waals surface area contributed by atoms with Gasteiger partial charge in [0.1, 0.15) is 0 Å². The highest BCUT2D eigenvalue weighted by molar-refractivity contribution is 7.89. The number of aryl methyl sites for hydroxylation is 1. The van der Waals surface area contributed by atoms with Crippen molar-refractivity contribution < 1.29 is 18.0 Å². The average Bonchev–Trinajstić information content (AvgIpc) is 3.53. The number of hydrogen-bond donors (Lipinski definition) is 2. The van der Waals surface area contributed by atoms with Crippen LogP contribution < -0.4 is 10.6 Å². The summed E-state index contributed by atoms with van der Waals surface area (Å²) in [6.07, 6.45) is 6.78. The van der Waals surface area contributed by atoms with E-state index >= 15 is 0 Å². The standard InChI is InChI=1S/C25H31N3O4S/c29-24(27-23-10-4-3-9-22(23)25(30)26-20-7-1-2-8-20)16-13-19-11-14-21(15-12-19)33(31,32)28-17-5-6-18-28/h3-4,9-12,14-15,20H,1-2,5-8,13,16-18H2,(H,26,30)(H,27,29). The molecule has 33 heavy (non-hydrogen) atoms. The van der Waals surface area contributed by atoms with E-state index in [1.165, 1.54) is 4.31 Å². The summed E-state index contributed by atoms with van der Waals surface area (Å²) in [5.41, 5.74) is 1.86. The molecule has 2 N–H and O–H groups in total. The Labute approximate surface area is 195 Å². The molecule has 1 saturated heterocycles. The molecule has 2 aromatic carbocycles. The van der Waals surface area contributed by atoms with Crippen LogP contribution in [0, 0.1) is 0 Å². The van der Waals surface area contributed by atoms with Crippen LogP contribution in [0.15, 0.2) is 53.4 Å². The van der Waals surface area contributed by atoms with Gasteiger partial charge in [0.25, 0.3) is 5.91 Å². The Morgan fingerprint density at radius 1 is 0.909 bits per heavy atom. The first-order valence-corrected chi connectivity index (χ1v) is 13.2. The highest BCUT2D eigenvalue weighted by atomic mass is 32.2. The molecule has 8 heteroatoms. The van der Waals surface area contributed by atoms with Gasteiger partial charge in [-0.25, -0.2) is 8.42 Å². The number of rotatable bonds is 8. The molecule has 0 aromatic heterocycles. The second-order valence-electron chi connectivity index (χ2n) is 8.80. The molecule has 1 heterocycles. The third kappa shape index (κ3) is 5.81. The molecule has 0 bridgehead atoms. The van der Waals surface area contributed by atoms with Crippen molar-refractivity contribution in [3.05, 3.63) is 59.7 Å². The summed E-state index contributed by atoms with van der Waals surface area (Å²) in [6.45, 7) is 1.15. The highest BCUT2D eigenvalue weighted by Gasteiger charge is 2.27. The first-order chi connectivity index (χ1) is 15.9. The number of hydrogen-bond acceptors (Lipinski definition) is 4. The number of anilines is 1. The molecule has 0 unspecified atom stereocenters. The topological polar surface area (TPSA) is 95.6 Å². The van der Waals surface area contributed by atoms with Crippen molar-refractivity contribution in [2.75, 3.05) is 18.4 Å². The van der Waals surface area contributed by atoms with E-state index in [1.54, 1.807) is 48.5 Å². The quantitative estimate of drug-likeness (QED) is 0.616. The van der Waals surface area contributed by atoms with Crippen molar-refractivity contribution in [2.45, 2.75) is 62.3 Å². The summed E-state index contributed by atoms with van der Waals surface area (Å²) in [5, 5.41) is 5.92. The first-order valence-electron chi connectivity index (χ1n) is 11.7. The molecule has 4 rings (SSSR count). The minimum absolute atomic E-state index is 0.160. The second kappa shape index (κ2) is 10.5. The molecule has 2 aliphatic rings. The van der Waals surface area contributed by atoms with Gasteiger partial charge in [0.2, 0.25) is 15.9 Å². The van der Waals surface area contributed by atoms with Crippen LogP contribution in [0.2, 0.25) is 0 Å². The van der Waals surface area contributed by atoms with Crippen molar-refractivity contribution in [2.24, 2.45) is 0 Å². The maximum absolute atomic E-state index is 12.7. The van der Waals surface area contributed by atoms with Gasteiger partial charge in [-0.05, 0) is 61.9 Å². The Morgan fingerprint density at radius 2 is 1.58 bits per heavy atom. The fourth-order valence-electron chi connectivity index (χ4n) is 4.50. The maximum atomic E-state index is 12.7. The van der Waals surface area contributed by atoms with Crippen molar-refractivity contribution in [3.63, 3.8) is 0 Å². The van der Waals surface area contributed by atoms with Crippen LogP contribution in [0.5, 0.6) is 0 Å². The molecule has 1 aliphatic carbocycles. The Hall–Kier alpha value is -2.71. The predicted molar refractivity (Wildman–Crippen MR) is 128 cm³/mol. The maximum Gasteiger partial charge on any atom is 0.253 e. The summed E-state index contributed by atoms with van der Waals surface area (Å²) in [5.74, 6) is -0.350. The van der Waals surface area contributed by atoms with Crippen LogP contribution >= 0.6 is 0 Å². The average molecular weight is 470 g/mol. The van der Waals surface area contributed by atoms with Gasteiger partial charge in [-0.3, -0.25) is 9.59 Å². The van der Waals surface area contributed by atoms with E-state index in [4.69, 9.17) is 0 Å². The number of carbonyl (C=O) groups excluding carboxylic acids is 2. The zero-order valence-corrected chi connectivity index (χ0v) is 19.6. The largest absolute Gasteiger partial charge is 0.349 e. The van der Waals surface area contributed by atoms with E-state index in [0.29, 0.717) is 35.7 Å². The lowest BCUT2D eigenvalue weighted by molar-refractivity contribution is -0.116. The van der Waals surface area contributed by atoms with Crippen molar-refractivity contribution in [3.8, 4) is 0 Å². The van der Waals surface area contributed by atoms with Crippen LogP contribution in [0.25, 0.3) is 0 Å². The molecular formula is C25H31N3O4S. The van der Waals surface area contributed by atoms with Crippen LogP contribution in [-0.2, 0) is 21.2 Å². The summed E-state index contributed by atoms with van der Waals surface area (Å²) >= 11 is 0. The number of nitrogens with zero attached hydrogens (tertiary/aromatic N) is 1. The minimum atomic E-state index is -3.43. The van der Waals surface area contributed by atoms with E-state index in [-0.39, 0.29) is 24.3 Å². The molecule has 7 nitrogen and oxygen atoms in total. The van der Waals surface area contributed by atoms with Crippen molar-refractivity contribution in [1.29, 1.82) is 0 Å². The lowest BCUT2D eigenvalue weighted by Crippen LogP contribution is -2.33. The number of sulfonamides is 1. The van der Waals surface area contributed by atoms with Crippen molar-refractivity contribution in [1.82, 2.24) is 9.62 Å². The zero-order valence-electron chi connectivity index (χ0n) is 18.8. The van der Waals surface area contributed by atoms with Gasteiger partial charge in [0.15, 0.2) is 0 Å². The Balaban J connectivity index is 1.33. The smallest absolute Gasteiger partial charge is 0.253 e. The molecular weight excluding hydrogens is 438 g/mol. The lowest BCUT2D eigenvalue weighted by Gasteiger charge is -2.16. The fourth-order valence-corrected chi connectivity index (χ4v) is 6.02. The molecule has 1 aliphatic heterocycles. The van der Waals surface area contributed by atoms with Crippen LogP contribution in [-0.4, -0.2) is 43.7 Å². The second-order valence-corrected chi connectivity index (χ2v) is 10.7. The van der Waals surface area contributed by atoms with Gasteiger partial charge in [-0.2, -0.15) is 4.31 Å². The zero-order chi connectivity index (χ0) is 23.3. The molecule has 0 radical (unpaired) electrons. The number of nitrogens with one attached hydrogen (secondary N) is 2. The highest BCUT2D eigenvalue weighted by Crippen LogP contribution is 2.22. The Kier molecular flexibility index (Phi) is 7.45. The molecule has 2 aromatic rings. The number of carbonyl (C=O) groups is 2. The van der Waals surface area contributed by atoms with Gasteiger partial charge < -0.3 is 10.6 Å². The summed E-state index contributed by atoms with van der Waals surface area (Å²) < 4.78 is 26.8. The van der Waals surface area contributed by atoms with E-state index < -0.39 is 10.0 Å².